The molecule has 2 aliphatic heterocycles. The molecule has 1 aromatic heterocycles. The van der Waals surface area contributed by atoms with Gasteiger partial charge in [0, 0.05) is 51.1 Å². The lowest BCUT2D eigenvalue weighted by atomic mass is 9.79. The molecule has 1 aromatic rings. The van der Waals surface area contributed by atoms with Gasteiger partial charge >= 0.3 is 0 Å². The van der Waals surface area contributed by atoms with E-state index in [0.29, 0.717) is 0 Å². The van der Waals surface area contributed by atoms with Gasteiger partial charge in [0.1, 0.15) is 6.61 Å². The van der Waals surface area contributed by atoms with Gasteiger partial charge in [-0.3, -0.25) is 4.79 Å². The largest absolute Gasteiger partial charge is 0.375 e. The Morgan fingerprint density at radius 1 is 1.37 bits per heavy atom. The zero-order chi connectivity index (χ0) is 13.3. The van der Waals surface area contributed by atoms with Gasteiger partial charge in [-0.05, 0) is 12.5 Å². The highest BCUT2D eigenvalue weighted by molar-refractivity contribution is 5.78. The third-order valence-corrected chi connectivity index (χ3v) is 3.95. The normalized spacial score (nSPS) is 20.7. The van der Waals surface area contributed by atoms with Crippen molar-refractivity contribution in [2.24, 2.45) is 5.41 Å². The van der Waals surface area contributed by atoms with Crippen LogP contribution in [0.25, 0.3) is 0 Å². The number of carbonyl (C=O) groups excluding carboxylic acids is 1. The van der Waals surface area contributed by atoms with Gasteiger partial charge in [0.15, 0.2) is 0 Å². The quantitative estimate of drug-likeness (QED) is 0.776. The Kier molecular flexibility index (Phi) is 3.10. The fraction of sp³-hybridized carbons (Fsp3) is 0.615. The second kappa shape index (κ2) is 4.77. The van der Waals surface area contributed by atoms with Crippen LogP contribution in [0, 0.1) is 5.41 Å². The molecule has 2 saturated heterocycles. The molecule has 19 heavy (non-hydrogen) atoms. The van der Waals surface area contributed by atoms with E-state index in [-0.39, 0.29) is 17.9 Å². The van der Waals surface area contributed by atoms with Gasteiger partial charge in [-0.1, -0.05) is 0 Å². The molecule has 6 nitrogen and oxygen atoms in total. The summed E-state index contributed by atoms with van der Waals surface area (Å²) in [6.45, 7) is 3.75. The first-order valence-electron chi connectivity index (χ1n) is 6.51. The van der Waals surface area contributed by atoms with Gasteiger partial charge in [-0.25, -0.2) is 9.97 Å². The second-order valence-corrected chi connectivity index (χ2v) is 5.40. The number of rotatable bonds is 3. The summed E-state index contributed by atoms with van der Waals surface area (Å²) < 4.78 is 4.88. The van der Waals surface area contributed by atoms with Crippen LogP contribution in [0.15, 0.2) is 18.5 Å². The maximum atomic E-state index is 11.7. The van der Waals surface area contributed by atoms with Gasteiger partial charge in [0.05, 0.1) is 0 Å². The van der Waals surface area contributed by atoms with E-state index in [9.17, 15) is 4.79 Å². The predicted molar refractivity (Wildman–Crippen MR) is 69.8 cm³/mol. The average molecular weight is 262 g/mol. The number of likely N-dealkylation sites (tertiary alicyclic amines) is 1. The molecule has 3 rings (SSSR count). The summed E-state index contributed by atoms with van der Waals surface area (Å²) >= 11 is 0. The van der Waals surface area contributed by atoms with Crippen molar-refractivity contribution in [1.82, 2.24) is 14.9 Å². The Balaban J connectivity index is 1.58. The highest BCUT2D eigenvalue weighted by Crippen LogP contribution is 2.40. The average Bonchev–Trinajstić information content (AvgIpc) is 2.83. The minimum absolute atomic E-state index is 0.0857. The van der Waals surface area contributed by atoms with E-state index in [1.165, 1.54) is 0 Å². The van der Waals surface area contributed by atoms with Crippen molar-refractivity contribution in [1.29, 1.82) is 0 Å². The number of nitrogens with zero attached hydrogens (tertiary/aromatic N) is 4. The van der Waals surface area contributed by atoms with Gasteiger partial charge in [0.2, 0.25) is 11.9 Å². The first kappa shape index (κ1) is 12.3. The fourth-order valence-corrected chi connectivity index (χ4v) is 2.97. The van der Waals surface area contributed by atoms with Gasteiger partial charge < -0.3 is 14.5 Å². The summed E-state index contributed by atoms with van der Waals surface area (Å²) in [4.78, 5) is 24.3. The smallest absolute Gasteiger partial charge is 0.248 e. The number of hydrogen-bond acceptors (Lipinski definition) is 5. The second-order valence-electron chi connectivity index (χ2n) is 5.40. The molecule has 2 aliphatic rings. The summed E-state index contributed by atoms with van der Waals surface area (Å²) in [5.74, 6) is 0.878. The molecule has 0 unspecified atom stereocenters. The molecule has 1 amide bonds. The van der Waals surface area contributed by atoms with Crippen molar-refractivity contribution in [3.8, 4) is 0 Å². The minimum Gasteiger partial charge on any atom is -0.375 e. The third kappa shape index (κ3) is 2.28. The van der Waals surface area contributed by atoms with Crippen molar-refractivity contribution in [2.45, 2.75) is 6.42 Å². The van der Waals surface area contributed by atoms with Crippen LogP contribution in [0.4, 0.5) is 5.95 Å². The fourth-order valence-electron chi connectivity index (χ4n) is 2.97. The molecule has 3 heterocycles. The summed E-state index contributed by atoms with van der Waals surface area (Å²) in [5, 5.41) is 0. The molecule has 0 atom stereocenters. The number of methoxy groups -OCH3 is 1. The molecule has 2 fully saturated rings. The highest BCUT2D eigenvalue weighted by atomic mass is 16.5. The number of aromatic nitrogens is 2. The van der Waals surface area contributed by atoms with Crippen molar-refractivity contribution < 1.29 is 9.53 Å². The SMILES string of the molecule is COCC(=O)N1CC2(CCN(c3ncccn3)C2)C1. The molecular weight excluding hydrogens is 244 g/mol. The molecule has 0 aliphatic carbocycles. The number of hydrogen-bond donors (Lipinski definition) is 0. The molecule has 0 saturated carbocycles. The Bertz CT molecular complexity index is 459. The van der Waals surface area contributed by atoms with Gasteiger partial charge in [0.25, 0.3) is 0 Å². The molecule has 1 spiro atoms. The van der Waals surface area contributed by atoms with E-state index >= 15 is 0 Å². The number of carbonyl (C=O) groups is 1. The van der Waals surface area contributed by atoms with Crippen LogP contribution in [0.1, 0.15) is 6.42 Å². The van der Waals surface area contributed by atoms with Crippen molar-refractivity contribution in [3.63, 3.8) is 0 Å². The van der Waals surface area contributed by atoms with Crippen LogP contribution < -0.4 is 4.90 Å². The molecule has 0 radical (unpaired) electrons. The van der Waals surface area contributed by atoms with E-state index in [4.69, 9.17) is 4.74 Å². The molecule has 0 N–H and O–H groups in total. The van der Waals surface area contributed by atoms with Crippen molar-refractivity contribution >= 4 is 11.9 Å². The van der Waals surface area contributed by atoms with Crippen LogP contribution in [0.3, 0.4) is 0 Å². The molecule has 0 bridgehead atoms. The first-order valence-corrected chi connectivity index (χ1v) is 6.51. The van der Waals surface area contributed by atoms with Gasteiger partial charge in [-0.15, -0.1) is 0 Å². The van der Waals surface area contributed by atoms with Crippen LogP contribution in [0.5, 0.6) is 0 Å². The highest BCUT2D eigenvalue weighted by Gasteiger charge is 2.49. The number of ether oxygens (including phenoxy) is 1. The topological polar surface area (TPSA) is 58.6 Å². The number of anilines is 1. The Labute approximate surface area is 112 Å². The summed E-state index contributed by atoms with van der Waals surface area (Å²) in [5.41, 5.74) is 0.239. The number of amides is 1. The maximum absolute atomic E-state index is 11.7. The van der Waals surface area contributed by atoms with Crippen molar-refractivity contribution in [3.05, 3.63) is 18.5 Å². The molecule has 6 heteroatoms. The van der Waals surface area contributed by atoms with E-state index in [2.05, 4.69) is 14.9 Å². The summed E-state index contributed by atoms with van der Waals surface area (Å²) in [6.07, 6.45) is 4.63. The lowest BCUT2D eigenvalue weighted by molar-refractivity contribution is -0.146. The molecular formula is C13H18N4O2. The predicted octanol–water partition coefficient (Wildman–Crippen LogP) is 0.162. The minimum atomic E-state index is 0.0857. The lowest BCUT2D eigenvalue weighted by Gasteiger charge is -2.47. The first-order chi connectivity index (χ1) is 9.22. The summed E-state index contributed by atoms with van der Waals surface area (Å²) in [7, 11) is 1.55. The van der Waals surface area contributed by atoms with E-state index < -0.39 is 0 Å². The monoisotopic (exact) mass is 262 g/mol. The van der Waals surface area contributed by atoms with Crippen molar-refractivity contribution in [2.75, 3.05) is 44.8 Å². The van der Waals surface area contributed by atoms with Crippen LogP contribution in [0.2, 0.25) is 0 Å². The third-order valence-electron chi connectivity index (χ3n) is 3.95. The molecule has 102 valence electrons. The Morgan fingerprint density at radius 3 is 2.79 bits per heavy atom. The zero-order valence-electron chi connectivity index (χ0n) is 11.1. The standard InChI is InChI=1S/C13H18N4O2/c1-19-7-11(18)17-9-13(10-17)3-6-16(8-13)12-14-4-2-5-15-12/h2,4-5H,3,6-10H2,1H3. The van der Waals surface area contributed by atoms with E-state index in [1.807, 2.05) is 11.0 Å². The Hall–Kier alpha value is -1.69. The van der Waals surface area contributed by atoms with E-state index in [1.54, 1.807) is 19.5 Å². The lowest BCUT2D eigenvalue weighted by Crippen LogP contribution is -2.60. The zero-order valence-corrected chi connectivity index (χ0v) is 11.1. The molecule has 0 aromatic carbocycles. The maximum Gasteiger partial charge on any atom is 0.248 e. The Morgan fingerprint density at radius 2 is 2.11 bits per heavy atom. The van der Waals surface area contributed by atoms with Crippen LogP contribution >= 0.6 is 0 Å². The summed E-state index contributed by atoms with van der Waals surface area (Å²) in [6, 6.07) is 1.82. The van der Waals surface area contributed by atoms with Gasteiger partial charge in [-0.2, -0.15) is 0 Å². The van der Waals surface area contributed by atoms with Crippen LogP contribution in [-0.4, -0.2) is 60.7 Å². The van der Waals surface area contributed by atoms with E-state index in [0.717, 1.165) is 38.5 Å². The van der Waals surface area contributed by atoms with Crippen LogP contribution in [-0.2, 0) is 9.53 Å².